The van der Waals surface area contributed by atoms with Crippen LogP contribution in [0.3, 0.4) is 0 Å². The lowest BCUT2D eigenvalue weighted by molar-refractivity contribution is 0.114. The summed E-state index contributed by atoms with van der Waals surface area (Å²) in [6.07, 6.45) is 2.39. The molecule has 0 spiro atoms. The van der Waals surface area contributed by atoms with Gasteiger partial charge in [-0.25, -0.2) is 13.1 Å². The average Bonchev–Trinajstić information content (AvgIpc) is 3.20. The lowest BCUT2D eigenvalue weighted by Crippen LogP contribution is -2.43. The minimum absolute atomic E-state index is 0.232. The first-order valence-corrected chi connectivity index (χ1v) is 9.57. The maximum absolute atomic E-state index is 11.9. The Labute approximate surface area is 135 Å². The number of ether oxygens (including phenoxy) is 1. The topological polar surface area (TPSA) is 91.8 Å². The molecule has 1 aliphatic rings. The van der Waals surface area contributed by atoms with Crippen molar-refractivity contribution >= 4 is 27.3 Å². The highest BCUT2D eigenvalue weighted by Gasteiger charge is 2.16. The van der Waals surface area contributed by atoms with Gasteiger partial charge in [-0.05, 0) is 24.3 Å². The van der Waals surface area contributed by atoms with E-state index in [0.717, 1.165) is 19.4 Å². The quantitative estimate of drug-likeness (QED) is 0.377. The molecule has 1 unspecified atom stereocenters. The standard InChI is InChI=1S/C13H22N4O3S2/c1-14-13(16-10-11-4-2-8-20-11)15-6-7-17-22(18,19)12-5-3-9-21-12/h3,5,9,11,17H,2,4,6-8,10H2,1H3,(H2,14,15,16). The number of guanidine groups is 1. The minimum Gasteiger partial charge on any atom is -0.376 e. The zero-order valence-electron chi connectivity index (χ0n) is 12.5. The Balaban J connectivity index is 1.66. The van der Waals surface area contributed by atoms with Crippen molar-refractivity contribution in [1.29, 1.82) is 0 Å². The van der Waals surface area contributed by atoms with E-state index in [0.29, 0.717) is 29.8 Å². The van der Waals surface area contributed by atoms with Crippen LogP contribution in [-0.2, 0) is 14.8 Å². The van der Waals surface area contributed by atoms with Crippen LogP contribution >= 0.6 is 11.3 Å². The highest BCUT2D eigenvalue weighted by Crippen LogP contribution is 2.14. The van der Waals surface area contributed by atoms with Gasteiger partial charge in [0.15, 0.2) is 5.96 Å². The Hall–Kier alpha value is -1.16. The fourth-order valence-electron chi connectivity index (χ4n) is 2.09. The van der Waals surface area contributed by atoms with Gasteiger partial charge in [0.25, 0.3) is 0 Å². The van der Waals surface area contributed by atoms with Crippen LogP contribution in [0.4, 0.5) is 0 Å². The molecule has 1 saturated heterocycles. The van der Waals surface area contributed by atoms with Crippen LogP contribution in [0.5, 0.6) is 0 Å². The number of aliphatic imine (C=N–C) groups is 1. The summed E-state index contributed by atoms with van der Waals surface area (Å²) in [5.41, 5.74) is 0. The third-order valence-electron chi connectivity index (χ3n) is 3.21. The average molecular weight is 346 g/mol. The summed E-state index contributed by atoms with van der Waals surface area (Å²) in [4.78, 5) is 4.10. The smallest absolute Gasteiger partial charge is 0.250 e. The lowest BCUT2D eigenvalue weighted by Gasteiger charge is -2.15. The predicted octanol–water partition coefficient (Wildman–Crippen LogP) is 0.370. The van der Waals surface area contributed by atoms with Crippen LogP contribution in [0.15, 0.2) is 26.7 Å². The zero-order valence-corrected chi connectivity index (χ0v) is 14.2. The molecule has 0 bridgehead atoms. The van der Waals surface area contributed by atoms with E-state index in [4.69, 9.17) is 4.74 Å². The third-order valence-corrected chi connectivity index (χ3v) is 6.07. The Morgan fingerprint density at radius 1 is 1.45 bits per heavy atom. The first kappa shape index (κ1) is 17.2. The summed E-state index contributed by atoms with van der Waals surface area (Å²) in [5.74, 6) is 0.644. The van der Waals surface area contributed by atoms with E-state index < -0.39 is 10.0 Å². The maximum atomic E-state index is 11.9. The van der Waals surface area contributed by atoms with Gasteiger partial charge >= 0.3 is 0 Å². The van der Waals surface area contributed by atoms with E-state index in [-0.39, 0.29) is 6.10 Å². The summed E-state index contributed by atoms with van der Waals surface area (Å²) in [6.45, 7) is 2.28. The molecule has 124 valence electrons. The Morgan fingerprint density at radius 2 is 2.32 bits per heavy atom. The molecule has 1 aliphatic heterocycles. The molecule has 1 aromatic rings. The van der Waals surface area contributed by atoms with Crippen molar-refractivity contribution in [3.63, 3.8) is 0 Å². The molecule has 0 amide bonds. The number of hydrogen-bond donors (Lipinski definition) is 3. The monoisotopic (exact) mass is 346 g/mol. The number of nitrogens with one attached hydrogen (secondary N) is 3. The zero-order chi connectivity index (χ0) is 15.8. The summed E-state index contributed by atoms with van der Waals surface area (Å²) in [5, 5.41) is 7.99. The first-order valence-electron chi connectivity index (χ1n) is 7.21. The van der Waals surface area contributed by atoms with E-state index in [9.17, 15) is 8.42 Å². The molecular formula is C13H22N4O3S2. The van der Waals surface area contributed by atoms with Gasteiger partial charge in [-0.2, -0.15) is 0 Å². The second-order valence-electron chi connectivity index (χ2n) is 4.84. The van der Waals surface area contributed by atoms with Crippen molar-refractivity contribution in [2.24, 2.45) is 4.99 Å². The Bertz CT molecular complexity index is 566. The summed E-state index contributed by atoms with van der Waals surface area (Å²) in [6, 6.07) is 3.30. The molecule has 2 rings (SSSR count). The Morgan fingerprint density at radius 3 is 2.95 bits per heavy atom. The first-order chi connectivity index (χ1) is 10.6. The van der Waals surface area contributed by atoms with Gasteiger partial charge in [0.05, 0.1) is 6.10 Å². The third kappa shape index (κ3) is 5.24. The molecule has 22 heavy (non-hydrogen) atoms. The van der Waals surface area contributed by atoms with Crippen LogP contribution in [0.2, 0.25) is 0 Å². The molecule has 1 atom stereocenters. The molecule has 0 saturated carbocycles. The van der Waals surface area contributed by atoms with Gasteiger partial charge in [-0.15, -0.1) is 11.3 Å². The van der Waals surface area contributed by atoms with E-state index >= 15 is 0 Å². The van der Waals surface area contributed by atoms with Crippen LogP contribution in [0.1, 0.15) is 12.8 Å². The van der Waals surface area contributed by atoms with Crippen molar-refractivity contribution in [2.75, 3.05) is 33.3 Å². The number of rotatable bonds is 7. The summed E-state index contributed by atoms with van der Waals surface area (Å²) in [7, 11) is -1.72. The van der Waals surface area contributed by atoms with Crippen molar-refractivity contribution in [1.82, 2.24) is 15.4 Å². The van der Waals surface area contributed by atoms with Gasteiger partial charge in [0, 0.05) is 33.3 Å². The lowest BCUT2D eigenvalue weighted by atomic mass is 10.2. The molecule has 1 fully saturated rings. The molecule has 9 heteroatoms. The van der Waals surface area contributed by atoms with Gasteiger partial charge in [0.2, 0.25) is 10.0 Å². The summed E-state index contributed by atoms with van der Waals surface area (Å²) >= 11 is 1.20. The van der Waals surface area contributed by atoms with E-state index in [2.05, 4.69) is 20.3 Å². The highest BCUT2D eigenvalue weighted by molar-refractivity contribution is 7.91. The van der Waals surface area contributed by atoms with Crippen LogP contribution in [-0.4, -0.2) is 53.8 Å². The van der Waals surface area contributed by atoms with Gasteiger partial charge in [0.1, 0.15) is 4.21 Å². The fraction of sp³-hybridized carbons (Fsp3) is 0.615. The SMILES string of the molecule is CN=C(NCCNS(=O)(=O)c1cccs1)NCC1CCCO1. The number of sulfonamides is 1. The molecule has 7 nitrogen and oxygen atoms in total. The molecule has 2 heterocycles. The largest absolute Gasteiger partial charge is 0.376 e. The second kappa shape index (κ2) is 8.47. The molecule has 0 radical (unpaired) electrons. The molecule has 0 aliphatic carbocycles. The van der Waals surface area contributed by atoms with E-state index in [1.165, 1.54) is 11.3 Å². The van der Waals surface area contributed by atoms with Gasteiger partial charge in [-0.1, -0.05) is 6.07 Å². The van der Waals surface area contributed by atoms with Crippen molar-refractivity contribution < 1.29 is 13.2 Å². The van der Waals surface area contributed by atoms with E-state index in [1.807, 2.05) is 0 Å². The van der Waals surface area contributed by atoms with Gasteiger partial charge < -0.3 is 15.4 Å². The van der Waals surface area contributed by atoms with Crippen LogP contribution in [0.25, 0.3) is 0 Å². The van der Waals surface area contributed by atoms with Crippen molar-refractivity contribution in [3.8, 4) is 0 Å². The van der Waals surface area contributed by atoms with Gasteiger partial charge in [-0.3, -0.25) is 4.99 Å². The van der Waals surface area contributed by atoms with Crippen LogP contribution < -0.4 is 15.4 Å². The predicted molar refractivity (Wildman–Crippen MR) is 87.8 cm³/mol. The second-order valence-corrected chi connectivity index (χ2v) is 7.79. The normalized spacial score (nSPS) is 19.3. The number of thiophene rings is 1. The minimum atomic E-state index is -3.40. The Kier molecular flexibility index (Phi) is 6.62. The molecule has 0 aromatic carbocycles. The molecular weight excluding hydrogens is 324 g/mol. The van der Waals surface area contributed by atoms with Crippen molar-refractivity contribution in [2.45, 2.75) is 23.2 Å². The number of hydrogen-bond acceptors (Lipinski definition) is 5. The molecule has 1 aromatic heterocycles. The maximum Gasteiger partial charge on any atom is 0.250 e. The van der Waals surface area contributed by atoms with E-state index in [1.54, 1.807) is 24.6 Å². The highest BCUT2D eigenvalue weighted by atomic mass is 32.2. The molecule has 3 N–H and O–H groups in total. The van der Waals surface area contributed by atoms with Crippen LogP contribution in [0, 0.1) is 0 Å². The number of nitrogens with zero attached hydrogens (tertiary/aromatic N) is 1. The van der Waals surface area contributed by atoms with Crippen molar-refractivity contribution in [3.05, 3.63) is 17.5 Å². The fourth-order valence-corrected chi connectivity index (χ4v) is 4.16. The summed E-state index contributed by atoms with van der Waals surface area (Å²) < 4.78 is 32.2.